The Labute approximate surface area is 70.2 Å². The van der Waals surface area contributed by atoms with Crippen molar-refractivity contribution in [2.75, 3.05) is 6.54 Å². The first-order valence-electron chi connectivity index (χ1n) is 4.40. The number of hydrogen-bond acceptors (Lipinski definition) is 1. The highest BCUT2D eigenvalue weighted by Crippen LogP contribution is 1.91. The summed E-state index contributed by atoms with van der Waals surface area (Å²) >= 11 is 0. The number of rotatable bonds is 5. The molecular weight excluding hydrogens is 134 g/mol. The van der Waals surface area contributed by atoms with Crippen molar-refractivity contribution in [2.24, 2.45) is 10.9 Å². The van der Waals surface area contributed by atoms with Crippen LogP contribution in [0.5, 0.6) is 0 Å². The van der Waals surface area contributed by atoms with Crippen LogP contribution in [-0.2, 0) is 0 Å². The molecule has 0 heterocycles. The van der Waals surface area contributed by atoms with Crippen molar-refractivity contribution < 1.29 is 0 Å². The molecule has 0 saturated heterocycles. The summed E-state index contributed by atoms with van der Waals surface area (Å²) in [5.41, 5.74) is 0. The summed E-state index contributed by atoms with van der Waals surface area (Å²) in [5, 5.41) is 0. The van der Waals surface area contributed by atoms with E-state index in [-0.39, 0.29) is 0 Å². The zero-order valence-corrected chi connectivity index (χ0v) is 7.88. The topological polar surface area (TPSA) is 12.4 Å². The number of nitrogens with zero attached hydrogens (tertiary/aromatic N) is 1. The van der Waals surface area contributed by atoms with Crippen LogP contribution in [0.4, 0.5) is 0 Å². The van der Waals surface area contributed by atoms with E-state index in [4.69, 9.17) is 0 Å². The zero-order chi connectivity index (χ0) is 8.53. The highest BCUT2D eigenvalue weighted by molar-refractivity contribution is 5.59. The second-order valence-electron chi connectivity index (χ2n) is 3.06. The molecule has 0 saturated carbocycles. The van der Waals surface area contributed by atoms with E-state index in [0.717, 1.165) is 19.4 Å². The minimum absolute atomic E-state index is 0.682. The molecule has 0 aliphatic carbocycles. The van der Waals surface area contributed by atoms with Gasteiger partial charge in [-0.1, -0.05) is 32.9 Å². The molecule has 0 atom stereocenters. The Hall–Kier alpha value is -0.590. The van der Waals surface area contributed by atoms with E-state index in [1.807, 2.05) is 6.21 Å². The Morgan fingerprint density at radius 1 is 1.27 bits per heavy atom. The SMILES string of the molecule is CC/C=C\C/C=N\CC(C)C. The monoisotopic (exact) mass is 153 g/mol. The van der Waals surface area contributed by atoms with Gasteiger partial charge in [0, 0.05) is 19.2 Å². The molecule has 0 fully saturated rings. The maximum absolute atomic E-state index is 4.27. The molecule has 0 amide bonds. The van der Waals surface area contributed by atoms with Crippen molar-refractivity contribution >= 4 is 6.21 Å². The smallest absolute Gasteiger partial charge is 0.0408 e. The van der Waals surface area contributed by atoms with Crippen LogP contribution < -0.4 is 0 Å². The van der Waals surface area contributed by atoms with Crippen molar-refractivity contribution in [1.29, 1.82) is 0 Å². The van der Waals surface area contributed by atoms with Gasteiger partial charge >= 0.3 is 0 Å². The standard InChI is InChI=1S/C10H19N/c1-4-5-6-7-8-11-9-10(2)3/h5-6,8,10H,4,7,9H2,1-3H3/b6-5-,11-8-. The summed E-state index contributed by atoms with van der Waals surface area (Å²) in [4.78, 5) is 4.27. The molecular formula is C10H19N. The molecule has 0 aliphatic heterocycles. The summed E-state index contributed by atoms with van der Waals surface area (Å²) in [6.45, 7) is 7.46. The zero-order valence-electron chi connectivity index (χ0n) is 7.88. The van der Waals surface area contributed by atoms with Crippen molar-refractivity contribution in [3.05, 3.63) is 12.2 Å². The summed E-state index contributed by atoms with van der Waals surface area (Å²) in [7, 11) is 0. The molecule has 0 aromatic rings. The molecule has 64 valence electrons. The van der Waals surface area contributed by atoms with E-state index in [1.165, 1.54) is 0 Å². The van der Waals surface area contributed by atoms with Crippen LogP contribution in [0.1, 0.15) is 33.6 Å². The maximum Gasteiger partial charge on any atom is 0.0408 e. The maximum atomic E-state index is 4.27. The summed E-state index contributed by atoms with van der Waals surface area (Å²) in [6, 6.07) is 0. The Morgan fingerprint density at radius 3 is 2.55 bits per heavy atom. The molecule has 0 radical (unpaired) electrons. The Kier molecular flexibility index (Phi) is 7.11. The average molecular weight is 153 g/mol. The van der Waals surface area contributed by atoms with Gasteiger partial charge in [-0.15, -0.1) is 0 Å². The van der Waals surface area contributed by atoms with Crippen LogP contribution in [-0.4, -0.2) is 12.8 Å². The third-order valence-corrected chi connectivity index (χ3v) is 1.24. The van der Waals surface area contributed by atoms with Gasteiger partial charge in [0.2, 0.25) is 0 Å². The largest absolute Gasteiger partial charge is 0.297 e. The predicted molar refractivity (Wildman–Crippen MR) is 52.2 cm³/mol. The Balaban J connectivity index is 3.23. The minimum atomic E-state index is 0.682. The molecule has 0 rings (SSSR count). The van der Waals surface area contributed by atoms with Gasteiger partial charge in [0.1, 0.15) is 0 Å². The van der Waals surface area contributed by atoms with Crippen LogP contribution in [0, 0.1) is 5.92 Å². The highest BCUT2D eigenvalue weighted by atomic mass is 14.7. The molecule has 0 aromatic heterocycles. The van der Waals surface area contributed by atoms with Gasteiger partial charge in [-0.25, -0.2) is 0 Å². The molecule has 0 aliphatic rings. The number of allylic oxidation sites excluding steroid dienone is 2. The van der Waals surface area contributed by atoms with Crippen LogP contribution in [0.2, 0.25) is 0 Å². The second kappa shape index (κ2) is 7.52. The van der Waals surface area contributed by atoms with Crippen LogP contribution in [0.3, 0.4) is 0 Å². The van der Waals surface area contributed by atoms with Gasteiger partial charge in [-0.05, 0) is 12.3 Å². The molecule has 0 bridgehead atoms. The van der Waals surface area contributed by atoms with Gasteiger partial charge < -0.3 is 0 Å². The van der Waals surface area contributed by atoms with E-state index in [9.17, 15) is 0 Å². The Morgan fingerprint density at radius 2 is 2.00 bits per heavy atom. The lowest BCUT2D eigenvalue weighted by Crippen LogP contribution is -1.91. The molecule has 0 aromatic carbocycles. The minimum Gasteiger partial charge on any atom is -0.297 e. The predicted octanol–water partition coefficient (Wildman–Crippen LogP) is 3.07. The average Bonchev–Trinajstić information content (AvgIpc) is 1.96. The summed E-state index contributed by atoms with van der Waals surface area (Å²) in [5.74, 6) is 0.682. The van der Waals surface area contributed by atoms with E-state index in [0.29, 0.717) is 5.92 Å². The van der Waals surface area contributed by atoms with E-state index < -0.39 is 0 Å². The molecule has 1 nitrogen and oxygen atoms in total. The number of aliphatic imine (C=N–C) groups is 1. The lowest BCUT2D eigenvalue weighted by atomic mass is 10.2. The fourth-order valence-electron chi connectivity index (χ4n) is 0.684. The van der Waals surface area contributed by atoms with Gasteiger partial charge in [0.05, 0.1) is 0 Å². The van der Waals surface area contributed by atoms with E-state index >= 15 is 0 Å². The third-order valence-electron chi connectivity index (χ3n) is 1.24. The van der Waals surface area contributed by atoms with Gasteiger partial charge in [-0.2, -0.15) is 0 Å². The van der Waals surface area contributed by atoms with Crippen LogP contribution in [0.25, 0.3) is 0 Å². The van der Waals surface area contributed by atoms with Crippen LogP contribution >= 0.6 is 0 Å². The molecule has 11 heavy (non-hydrogen) atoms. The summed E-state index contributed by atoms with van der Waals surface area (Å²) in [6.07, 6.45) is 8.43. The quantitative estimate of drug-likeness (QED) is 0.425. The molecule has 0 spiro atoms. The third kappa shape index (κ3) is 9.41. The first-order valence-corrected chi connectivity index (χ1v) is 4.40. The first kappa shape index (κ1) is 10.4. The highest BCUT2D eigenvalue weighted by Gasteiger charge is 1.85. The van der Waals surface area contributed by atoms with Crippen molar-refractivity contribution in [1.82, 2.24) is 0 Å². The molecule has 1 heteroatoms. The second-order valence-corrected chi connectivity index (χ2v) is 3.06. The first-order chi connectivity index (χ1) is 5.27. The molecule has 0 N–H and O–H groups in total. The normalized spacial score (nSPS) is 12.4. The molecule has 0 unspecified atom stereocenters. The van der Waals surface area contributed by atoms with E-state index in [1.54, 1.807) is 0 Å². The van der Waals surface area contributed by atoms with Crippen molar-refractivity contribution in [2.45, 2.75) is 33.6 Å². The summed E-state index contributed by atoms with van der Waals surface area (Å²) < 4.78 is 0. The van der Waals surface area contributed by atoms with Crippen molar-refractivity contribution in [3.8, 4) is 0 Å². The number of hydrogen-bond donors (Lipinski definition) is 0. The van der Waals surface area contributed by atoms with Gasteiger partial charge in [-0.3, -0.25) is 4.99 Å². The van der Waals surface area contributed by atoms with Crippen LogP contribution in [0.15, 0.2) is 17.1 Å². The lowest BCUT2D eigenvalue weighted by Gasteiger charge is -1.95. The van der Waals surface area contributed by atoms with Crippen molar-refractivity contribution in [3.63, 3.8) is 0 Å². The van der Waals surface area contributed by atoms with E-state index in [2.05, 4.69) is 37.9 Å². The van der Waals surface area contributed by atoms with Gasteiger partial charge in [0.15, 0.2) is 0 Å². The lowest BCUT2D eigenvalue weighted by molar-refractivity contribution is 0.666. The fraction of sp³-hybridized carbons (Fsp3) is 0.700. The Bertz CT molecular complexity index is 123. The van der Waals surface area contributed by atoms with Gasteiger partial charge in [0.25, 0.3) is 0 Å². The fourth-order valence-corrected chi connectivity index (χ4v) is 0.684.